The number of imidazole rings is 1. The minimum Gasteiger partial charge on any atom is -0.347 e. The summed E-state index contributed by atoms with van der Waals surface area (Å²) in [5.74, 6) is -0.0981. The van der Waals surface area contributed by atoms with Gasteiger partial charge in [-0.25, -0.2) is 4.98 Å². The van der Waals surface area contributed by atoms with E-state index >= 15 is 0 Å². The smallest absolute Gasteiger partial charge is 0.273 e. The molecule has 0 atom stereocenters. The Bertz CT molecular complexity index is 711. The standard InChI is InChI=1S/C17H16N4O/c22-17(16-8-4-5-9-19-16)21(12-15-10-18-13-20-15)11-14-6-2-1-3-7-14/h1-10,13H,11-12H2,(H,18,20). The molecule has 5 nitrogen and oxygen atoms in total. The highest BCUT2D eigenvalue weighted by atomic mass is 16.2. The van der Waals surface area contributed by atoms with Gasteiger partial charge in [-0.1, -0.05) is 36.4 Å². The summed E-state index contributed by atoms with van der Waals surface area (Å²) in [5, 5.41) is 0. The number of rotatable bonds is 5. The first-order valence-electron chi connectivity index (χ1n) is 7.04. The van der Waals surface area contributed by atoms with Gasteiger partial charge in [0.25, 0.3) is 5.91 Å². The van der Waals surface area contributed by atoms with Crippen molar-refractivity contribution < 1.29 is 4.79 Å². The van der Waals surface area contributed by atoms with E-state index in [0.717, 1.165) is 11.3 Å². The number of benzene rings is 1. The fourth-order valence-corrected chi connectivity index (χ4v) is 2.23. The van der Waals surface area contributed by atoms with E-state index in [4.69, 9.17) is 0 Å². The zero-order valence-electron chi connectivity index (χ0n) is 12.0. The number of hydrogen-bond donors (Lipinski definition) is 1. The summed E-state index contributed by atoms with van der Waals surface area (Å²) >= 11 is 0. The summed E-state index contributed by atoms with van der Waals surface area (Å²) in [4.78, 5) is 25.7. The molecular formula is C17H16N4O. The zero-order chi connectivity index (χ0) is 15.2. The Hall–Kier alpha value is -2.95. The monoisotopic (exact) mass is 292 g/mol. The molecule has 2 heterocycles. The number of nitrogens with zero attached hydrogens (tertiary/aromatic N) is 3. The first-order valence-corrected chi connectivity index (χ1v) is 7.04. The van der Waals surface area contributed by atoms with E-state index in [9.17, 15) is 4.79 Å². The number of carbonyl (C=O) groups is 1. The second kappa shape index (κ2) is 6.67. The van der Waals surface area contributed by atoms with Gasteiger partial charge < -0.3 is 9.88 Å². The van der Waals surface area contributed by atoms with Gasteiger partial charge >= 0.3 is 0 Å². The SMILES string of the molecule is O=C(c1ccccn1)N(Cc1ccccc1)Cc1cnc[nH]1. The van der Waals surface area contributed by atoms with Crippen molar-refractivity contribution in [3.8, 4) is 0 Å². The fourth-order valence-electron chi connectivity index (χ4n) is 2.23. The zero-order valence-corrected chi connectivity index (χ0v) is 12.0. The Labute approximate surface area is 128 Å². The van der Waals surface area contributed by atoms with Crippen molar-refractivity contribution in [3.63, 3.8) is 0 Å². The minimum absolute atomic E-state index is 0.0981. The molecule has 2 aromatic heterocycles. The third kappa shape index (κ3) is 3.38. The first-order chi connectivity index (χ1) is 10.8. The molecule has 1 amide bonds. The fraction of sp³-hybridized carbons (Fsp3) is 0.118. The van der Waals surface area contributed by atoms with Crippen molar-refractivity contribution in [2.45, 2.75) is 13.1 Å². The molecule has 0 aliphatic heterocycles. The molecule has 0 spiro atoms. The number of aromatic amines is 1. The van der Waals surface area contributed by atoms with E-state index in [-0.39, 0.29) is 5.91 Å². The molecule has 0 bridgehead atoms. The molecule has 0 aliphatic rings. The van der Waals surface area contributed by atoms with Gasteiger partial charge in [-0.15, -0.1) is 0 Å². The highest BCUT2D eigenvalue weighted by Crippen LogP contribution is 2.12. The molecule has 0 aliphatic carbocycles. The molecule has 5 heteroatoms. The molecule has 3 aromatic rings. The first kappa shape index (κ1) is 14.0. The third-order valence-corrected chi connectivity index (χ3v) is 3.30. The van der Waals surface area contributed by atoms with Gasteiger partial charge in [0.2, 0.25) is 0 Å². The second-order valence-electron chi connectivity index (χ2n) is 4.94. The van der Waals surface area contributed by atoms with E-state index < -0.39 is 0 Å². The van der Waals surface area contributed by atoms with Gasteiger partial charge in [0.1, 0.15) is 5.69 Å². The third-order valence-electron chi connectivity index (χ3n) is 3.30. The minimum atomic E-state index is -0.0981. The average molecular weight is 292 g/mol. The van der Waals surface area contributed by atoms with Crippen molar-refractivity contribution in [2.24, 2.45) is 0 Å². The maximum atomic E-state index is 12.7. The van der Waals surface area contributed by atoms with Crippen LogP contribution in [-0.4, -0.2) is 25.8 Å². The summed E-state index contributed by atoms with van der Waals surface area (Å²) in [6.07, 6.45) is 4.97. The highest BCUT2D eigenvalue weighted by molar-refractivity contribution is 5.92. The summed E-state index contributed by atoms with van der Waals surface area (Å²) in [6, 6.07) is 15.3. The van der Waals surface area contributed by atoms with Crippen LogP contribution in [0.5, 0.6) is 0 Å². The lowest BCUT2D eigenvalue weighted by atomic mass is 10.2. The van der Waals surface area contributed by atoms with Crippen molar-refractivity contribution in [3.05, 3.63) is 84.2 Å². The van der Waals surface area contributed by atoms with Crippen LogP contribution in [0, 0.1) is 0 Å². The lowest BCUT2D eigenvalue weighted by Crippen LogP contribution is -2.30. The van der Waals surface area contributed by atoms with Crippen molar-refractivity contribution in [2.75, 3.05) is 0 Å². The number of H-pyrrole nitrogens is 1. The van der Waals surface area contributed by atoms with Crippen LogP contribution in [0.25, 0.3) is 0 Å². The summed E-state index contributed by atoms with van der Waals surface area (Å²) in [7, 11) is 0. The lowest BCUT2D eigenvalue weighted by Gasteiger charge is -2.21. The second-order valence-corrected chi connectivity index (χ2v) is 4.94. The Morgan fingerprint density at radius 1 is 1.05 bits per heavy atom. The molecule has 22 heavy (non-hydrogen) atoms. The largest absolute Gasteiger partial charge is 0.347 e. The maximum Gasteiger partial charge on any atom is 0.273 e. The van der Waals surface area contributed by atoms with Gasteiger partial charge in [0.05, 0.1) is 18.6 Å². The van der Waals surface area contributed by atoms with E-state index in [1.165, 1.54) is 0 Å². The van der Waals surface area contributed by atoms with Gasteiger partial charge in [-0.2, -0.15) is 0 Å². The number of pyridine rings is 1. The van der Waals surface area contributed by atoms with Crippen LogP contribution in [-0.2, 0) is 13.1 Å². The topological polar surface area (TPSA) is 61.9 Å². The molecule has 0 radical (unpaired) electrons. The van der Waals surface area contributed by atoms with Crippen LogP contribution in [0.3, 0.4) is 0 Å². The van der Waals surface area contributed by atoms with Gasteiger partial charge in [-0.3, -0.25) is 9.78 Å². The molecular weight excluding hydrogens is 276 g/mol. The van der Waals surface area contributed by atoms with Crippen molar-refractivity contribution in [1.82, 2.24) is 19.9 Å². The number of amides is 1. The Kier molecular flexibility index (Phi) is 4.25. The predicted molar refractivity (Wildman–Crippen MR) is 82.8 cm³/mol. The van der Waals surface area contributed by atoms with E-state index in [2.05, 4.69) is 15.0 Å². The predicted octanol–water partition coefficient (Wildman–Crippen LogP) is 2.65. The van der Waals surface area contributed by atoms with Gasteiger partial charge in [0.15, 0.2) is 0 Å². The Balaban J connectivity index is 1.84. The molecule has 3 rings (SSSR count). The normalized spacial score (nSPS) is 10.4. The molecule has 0 saturated carbocycles. The number of carbonyl (C=O) groups excluding carboxylic acids is 1. The van der Waals surface area contributed by atoms with E-state index in [0.29, 0.717) is 18.8 Å². The van der Waals surface area contributed by atoms with Crippen LogP contribution < -0.4 is 0 Å². The van der Waals surface area contributed by atoms with Crippen molar-refractivity contribution >= 4 is 5.91 Å². The highest BCUT2D eigenvalue weighted by Gasteiger charge is 2.18. The maximum absolute atomic E-state index is 12.7. The van der Waals surface area contributed by atoms with E-state index in [1.54, 1.807) is 35.8 Å². The molecule has 0 fully saturated rings. The number of nitrogens with one attached hydrogen (secondary N) is 1. The van der Waals surface area contributed by atoms with E-state index in [1.807, 2.05) is 36.4 Å². The lowest BCUT2D eigenvalue weighted by molar-refractivity contribution is 0.0722. The van der Waals surface area contributed by atoms with Crippen LogP contribution in [0.2, 0.25) is 0 Å². The van der Waals surface area contributed by atoms with Crippen LogP contribution in [0.4, 0.5) is 0 Å². The van der Waals surface area contributed by atoms with Crippen LogP contribution in [0.1, 0.15) is 21.7 Å². The quantitative estimate of drug-likeness (QED) is 0.786. The summed E-state index contributed by atoms with van der Waals surface area (Å²) < 4.78 is 0. The Morgan fingerprint density at radius 3 is 2.55 bits per heavy atom. The molecule has 0 saturated heterocycles. The number of aromatic nitrogens is 3. The van der Waals surface area contributed by atoms with Crippen LogP contribution in [0.15, 0.2) is 67.3 Å². The van der Waals surface area contributed by atoms with Gasteiger partial charge in [0, 0.05) is 18.9 Å². The number of hydrogen-bond acceptors (Lipinski definition) is 3. The van der Waals surface area contributed by atoms with Crippen molar-refractivity contribution in [1.29, 1.82) is 0 Å². The molecule has 0 unspecified atom stereocenters. The molecule has 1 aromatic carbocycles. The van der Waals surface area contributed by atoms with Gasteiger partial charge in [-0.05, 0) is 17.7 Å². The Morgan fingerprint density at radius 2 is 1.86 bits per heavy atom. The van der Waals surface area contributed by atoms with Crippen LogP contribution >= 0.6 is 0 Å². The average Bonchev–Trinajstić information content (AvgIpc) is 3.08. The summed E-state index contributed by atoms with van der Waals surface area (Å²) in [6.45, 7) is 0.986. The molecule has 1 N–H and O–H groups in total. The molecule has 110 valence electrons. The summed E-state index contributed by atoms with van der Waals surface area (Å²) in [5.41, 5.74) is 2.41.